The van der Waals surface area contributed by atoms with E-state index in [-0.39, 0.29) is 0 Å². The Kier molecular flexibility index (Phi) is 5.12. The van der Waals surface area contributed by atoms with Crippen molar-refractivity contribution < 1.29 is 8.78 Å². The Bertz CT molecular complexity index is 314. The van der Waals surface area contributed by atoms with Crippen molar-refractivity contribution in [3.05, 3.63) is 29.8 Å². The summed E-state index contributed by atoms with van der Waals surface area (Å²) in [4.78, 5) is 1.69. The lowest BCUT2D eigenvalue weighted by Crippen LogP contribution is -2.28. The van der Waals surface area contributed by atoms with Gasteiger partial charge < -0.3 is 4.90 Å². The molecule has 0 aromatic heterocycles. The molecule has 5 heteroatoms. The van der Waals surface area contributed by atoms with Crippen LogP contribution in [0.4, 0.5) is 14.5 Å². The molecular weight excluding hydrogens is 243 g/mol. The van der Waals surface area contributed by atoms with E-state index in [4.69, 9.17) is 23.2 Å². The fraction of sp³-hybridized carbons (Fsp3) is 0.400. The lowest BCUT2D eigenvalue weighted by molar-refractivity contribution is 0.580. The lowest BCUT2D eigenvalue weighted by Gasteiger charge is -2.23. The highest BCUT2D eigenvalue weighted by Crippen LogP contribution is 2.20. The molecular formula is C10H11Cl2F2N. The maximum Gasteiger partial charge on any atom is 0.149 e. The maximum atomic E-state index is 13.4. The van der Waals surface area contributed by atoms with Crippen LogP contribution in [0.5, 0.6) is 0 Å². The van der Waals surface area contributed by atoms with Crippen LogP contribution in [0, 0.1) is 11.6 Å². The first-order valence-corrected chi connectivity index (χ1v) is 5.58. The number of halogens is 4. The Labute approximate surface area is 97.6 Å². The van der Waals surface area contributed by atoms with E-state index in [9.17, 15) is 8.78 Å². The van der Waals surface area contributed by atoms with Gasteiger partial charge in [-0.2, -0.15) is 0 Å². The molecule has 0 saturated heterocycles. The largest absolute Gasteiger partial charge is 0.367 e. The van der Waals surface area contributed by atoms with Gasteiger partial charge in [0.25, 0.3) is 0 Å². The summed E-state index contributed by atoms with van der Waals surface area (Å²) in [5, 5.41) is 0. The zero-order valence-electron chi connectivity index (χ0n) is 8.02. The molecule has 1 aromatic rings. The molecule has 0 amide bonds. The second-order valence-electron chi connectivity index (χ2n) is 2.96. The molecule has 1 aromatic carbocycles. The summed E-state index contributed by atoms with van der Waals surface area (Å²) in [5.74, 6) is -0.445. The molecule has 84 valence electrons. The smallest absolute Gasteiger partial charge is 0.149 e. The van der Waals surface area contributed by atoms with E-state index in [1.54, 1.807) is 4.90 Å². The Morgan fingerprint density at radius 1 is 1.07 bits per heavy atom. The number of nitrogens with zero attached hydrogens (tertiary/aromatic N) is 1. The van der Waals surface area contributed by atoms with E-state index in [0.717, 1.165) is 6.07 Å². The minimum absolute atomic E-state index is 0.331. The summed E-state index contributed by atoms with van der Waals surface area (Å²) in [6.07, 6.45) is 0. The van der Waals surface area contributed by atoms with Crippen molar-refractivity contribution in [2.75, 3.05) is 29.7 Å². The second-order valence-corrected chi connectivity index (χ2v) is 3.72. The van der Waals surface area contributed by atoms with E-state index in [1.807, 2.05) is 0 Å². The van der Waals surface area contributed by atoms with Crippen LogP contribution in [-0.2, 0) is 0 Å². The van der Waals surface area contributed by atoms with Crippen LogP contribution in [-0.4, -0.2) is 24.8 Å². The number of hydrogen-bond donors (Lipinski definition) is 0. The maximum absolute atomic E-state index is 13.4. The quantitative estimate of drug-likeness (QED) is 0.729. The van der Waals surface area contributed by atoms with Gasteiger partial charge in [0.2, 0.25) is 0 Å². The standard InChI is InChI=1S/C10H11Cl2F2N/c11-3-5-15(6-4-12)10-2-1-8(13)7-9(10)14/h1-2,7H,3-6H2. The molecule has 1 rings (SSSR count). The van der Waals surface area contributed by atoms with Crippen LogP contribution in [0.3, 0.4) is 0 Å². The molecule has 0 aliphatic heterocycles. The van der Waals surface area contributed by atoms with Crippen molar-refractivity contribution in [2.24, 2.45) is 0 Å². The van der Waals surface area contributed by atoms with Crippen molar-refractivity contribution in [1.82, 2.24) is 0 Å². The normalized spacial score (nSPS) is 10.4. The van der Waals surface area contributed by atoms with E-state index in [0.29, 0.717) is 30.5 Å². The molecule has 0 atom stereocenters. The van der Waals surface area contributed by atoms with Gasteiger partial charge in [0.05, 0.1) is 5.69 Å². The van der Waals surface area contributed by atoms with E-state index in [2.05, 4.69) is 0 Å². The molecule has 0 unspecified atom stereocenters. The van der Waals surface area contributed by atoms with Crippen molar-refractivity contribution >= 4 is 28.9 Å². The van der Waals surface area contributed by atoms with Crippen LogP contribution in [0.15, 0.2) is 18.2 Å². The average Bonchev–Trinajstić information content (AvgIpc) is 2.17. The third-order valence-corrected chi connectivity index (χ3v) is 2.30. The lowest BCUT2D eigenvalue weighted by atomic mass is 10.2. The summed E-state index contributed by atoms with van der Waals surface area (Å²) < 4.78 is 26.1. The van der Waals surface area contributed by atoms with Gasteiger partial charge in [-0.25, -0.2) is 8.78 Å². The predicted molar refractivity (Wildman–Crippen MR) is 60.0 cm³/mol. The van der Waals surface area contributed by atoms with Crippen LogP contribution in [0.2, 0.25) is 0 Å². The van der Waals surface area contributed by atoms with Crippen LogP contribution in [0.1, 0.15) is 0 Å². The first-order chi connectivity index (χ1) is 7.19. The molecule has 15 heavy (non-hydrogen) atoms. The van der Waals surface area contributed by atoms with E-state index < -0.39 is 11.6 Å². The van der Waals surface area contributed by atoms with Crippen molar-refractivity contribution in [1.29, 1.82) is 0 Å². The van der Waals surface area contributed by atoms with Crippen molar-refractivity contribution in [3.8, 4) is 0 Å². The third kappa shape index (κ3) is 3.50. The number of rotatable bonds is 5. The number of anilines is 1. The van der Waals surface area contributed by atoms with E-state index >= 15 is 0 Å². The zero-order chi connectivity index (χ0) is 11.3. The summed E-state index contributed by atoms with van der Waals surface area (Å²) in [6.45, 7) is 0.966. The van der Waals surface area contributed by atoms with Gasteiger partial charge in [0.15, 0.2) is 0 Å². The minimum atomic E-state index is -0.592. The molecule has 0 heterocycles. The molecule has 0 spiro atoms. The average molecular weight is 254 g/mol. The molecule has 0 fully saturated rings. The topological polar surface area (TPSA) is 3.24 Å². The third-order valence-electron chi connectivity index (χ3n) is 1.96. The number of hydrogen-bond acceptors (Lipinski definition) is 1. The highest BCUT2D eigenvalue weighted by Gasteiger charge is 2.11. The summed E-state index contributed by atoms with van der Waals surface area (Å²) in [6, 6.07) is 3.46. The fourth-order valence-electron chi connectivity index (χ4n) is 1.29. The summed E-state index contributed by atoms with van der Waals surface area (Å²) >= 11 is 11.2. The molecule has 0 aliphatic carbocycles. The molecule has 0 N–H and O–H groups in total. The monoisotopic (exact) mass is 253 g/mol. The van der Waals surface area contributed by atoms with Gasteiger partial charge in [0, 0.05) is 30.9 Å². The molecule has 0 aliphatic rings. The van der Waals surface area contributed by atoms with Crippen LogP contribution < -0.4 is 4.90 Å². The highest BCUT2D eigenvalue weighted by atomic mass is 35.5. The Hall–Kier alpha value is -0.540. The Balaban J connectivity index is 2.89. The van der Waals surface area contributed by atoms with Crippen LogP contribution in [0.25, 0.3) is 0 Å². The summed E-state index contributed by atoms with van der Waals surface area (Å²) in [5.41, 5.74) is 0.331. The van der Waals surface area contributed by atoms with Gasteiger partial charge in [-0.15, -0.1) is 23.2 Å². The number of benzene rings is 1. The van der Waals surface area contributed by atoms with Gasteiger partial charge in [-0.1, -0.05) is 0 Å². The first kappa shape index (κ1) is 12.5. The van der Waals surface area contributed by atoms with Gasteiger partial charge in [-0.05, 0) is 12.1 Å². The molecule has 0 bridgehead atoms. The number of alkyl halides is 2. The van der Waals surface area contributed by atoms with Gasteiger partial charge in [-0.3, -0.25) is 0 Å². The highest BCUT2D eigenvalue weighted by molar-refractivity contribution is 6.18. The SMILES string of the molecule is Fc1ccc(N(CCCl)CCCl)c(F)c1. The van der Waals surface area contributed by atoms with Gasteiger partial charge >= 0.3 is 0 Å². The Morgan fingerprint density at radius 2 is 1.67 bits per heavy atom. The Morgan fingerprint density at radius 3 is 2.13 bits per heavy atom. The molecule has 0 saturated carbocycles. The summed E-state index contributed by atoms with van der Waals surface area (Å²) in [7, 11) is 0. The van der Waals surface area contributed by atoms with Gasteiger partial charge in [0.1, 0.15) is 11.6 Å². The molecule has 1 nitrogen and oxygen atoms in total. The fourth-order valence-corrected chi connectivity index (χ4v) is 1.70. The first-order valence-electron chi connectivity index (χ1n) is 4.51. The van der Waals surface area contributed by atoms with Crippen molar-refractivity contribution in [3.63, 3.8) is 0 Å². The van der Waals surface area contributed by atoms with E-state index in [1.165, 1.54) is 12.1 Å². The van der Waals surface area contributed by atoms with Crippen molar-refractivity contribution in [2.45, 2.75) is 0 Å². The second kappa shape index (κ2) is 6.13. The minimum Gasteiger partial charge on any atom is -0.367 e. The molecule has 0 radical (unpaired) electrons. The van der Waals surface area contributed by atoms with Crippen LogP contribution >= 0.6 is 23.2 Å². The predicted octanol–water partition coefficient (Wildman–Crippen LogP) is 3.25. The zero-order valence-corrected chi connectivity index (χ0v) is 9.53.